The van der Waals surface area contributed by atoms with Crippen LogP contribution in [0.15, 0.2) is 30.7 Å². The summed E-state index contributed by atoms with van der Waals surface area (Å²) in [5, 5.41) is 7.15. The fourth-order valence-electron chi connectivity index (χ4n) is 2.25. The van der Waals surface area contributed by atoms with E-state index in [1.54, 1.807) is 29.2 Å². The summed E-state index contributed by atoms with van der Waals surface area (Å²) in [5.74, 6) is 0.607. The maximum absolute atomic E-state index is 12.2. The minimum Gasteiger partial charge on any atom is -0.481 e. The van der Waals surface area contributed by atoms with Crippen LogP contribution >= 0.6 is 0 Å². The number of hydrogen-bond acceptors (Lipinski definition) is 6. The van der Waals surface area contributed by atoms with Crippen LogP contribution in [-0.4, -0.2) is 37.7 Å². The first kappa shape index (κ1) is 16.6. The summed E-state index contributed by atoms with van der Waals surface area (Å²) in [5.41, 5.74) is 3.93. The van der Waals surface area contributed by atoms with Crippen LogP contribution in [0.1, 0.15) is 27.3 Å². The SMILES string of the molecule is COc1ccc(C(=O)Nc2cnc(-n3nc(C)c(C)c3C)nc2)cn1. The van der Waals surface area contributed by atoms with E-state index in [0.29, 0.717) is 23.1 Å². The number of hydrogen-bond donors (Lipinski definition) is 1. The van der Waals surface area contributed by atoms with E-state index in [4.69, 9.17) is 4.74 Å². The molecule has 0 aliphatic carbocycles. The van der Waals surface area contributed by atoms with Gasteiger partial charge in [-0.1, -0.05) is 0 Å². The van der Waals surface area contributed by atoms with Gasteiger partial charge in [0.2, 0.25) is 5.88 Å². The average Bonchev–Trinajstić information content (AvgIpc) is 2.90. The van der Waals surface area contributed by atoms with Gasteiger partial charge < -0.3 is 10.1 Å². The van der Waals surface area contributed by atoms with Gasteiger partial charge >= 0.3 is 0 Å². The highest BCUT2D eigenvalue weighted by Crippen LogP contribution is 2.15. The highest BCUT2D eigenvalue weighted by Gasteiger charge is 2.12. The smallest absolute Gasteiger partial charge is 0.257 e. The van der Waals surface area contributed by atoms with Gasteiger partial charge in [-0.05, 0) is 32.4 Å². The Bertz CT molecular complexity index is 900. The Hall–Kier alpha value is -3.29. The molecule has 128 valence electrons. The molecule has 1 amide bonds. The maximum atomic E-state index is 12.2. The molecule has 0 radical (unpaired) electrons. The Balaban J connectivity index is 1.75. The van der Waals surface area contributed by atoms with Crippen molar-refractivity contribution in [2.75, 3.05) is 12.4 Å². The first-order chi connectivity index (χ1) is 12.0. The van der Waals surface area contributed by atoms with E-state index in [-0.39, 0.29) is 5.91 Å². The maximum Gasteiger partial charge on any atom is 0.257 e. The number of nitrogens with one attached hydrogen (secondary N) is 1. The first-order valence-corrected chi connectivity index (χ1v) is 7.66. The molecule has 3 rings (SSSR count). The standard InChI is InChI=1S/C17H18N6O2/c1-10-11(2)22-23(12(10)3)17-19-8-14(9-20-17)21-16(24)13-5-6-15(25-4)18-7-13/h5-9H,1-4H3,(H,21,24). The second kappa shape index (κ2) is 6.68. The summed E-state index contributed by atoms with van der Waals surface area (Å²) in [7, 11) is 1.52. The summed E-state index contributed by atoms with van der Waals surface area (Å²) >= 11 is 0. The monoisotopic (exact) mass is 338 g/mol. The van der Waals surface area contributed by atoms with Crippen LogP contribution in [0.2, 0.25) is 0 Å². The number of carbonyl (C=O) groups excluding carboxylic acids is 1. The molecule has 8 nitrogen and oxygen atoms in total. The van der Waals surface area contributed by atoms with Gasteiger partial charge in [-0.25, -0.2) is 19.6 Å². The molecule has 0 atom stereocenters. The van der Waals surface area contributed by atoms with E-state index < -0.39 is 0 Å². The van der Waals surface area contributed by atoms with Crippen LogP contribution in [0.25, 0.3) is 5.95 Å². The predicted octanol–water partition coefficient (Wildman–Crippen LogP) is 2.24. The molecule has 0 aliphatic heterocycles. The Kier molecular flexibility index (Phi) is 4.42. The van der Waals surface area contributed by atoms with Gasteiger partial charge in [0.15, 0.2) is 0 Å². The van der Waals surface area contributed by atoms with Crippen molar-refractivity contribution in [3.63, 3.8) is 0 Å². The molecule has 1 N–H and O–H groups in total. The molecule has 0 saturated heterocycles. The van der Waals surface area contributed by atoms with Crippen molar-refractivity contribution in [3.05, 3.63) is 53.2 Å². The Labute approximate surface area is 144 Å². The Morgan fingerprint density at radius 1 is 1.08 bits per heavy atom. The number of aryl methyl sites for hydroxylation is 1. The molecule has 3 heterocycles. The molecule has 3 aromatic rings. The third-order valence-corrected chi connectivity index (χ3v) is 3.95. The number of rotatable bonds is 4. The summed E-state index contributed by atoms with van der Waals surface area (Å²) in [6.07, 6.45) is 4.54. The van der Waals surface area contributed by atoms with Gasteiger partial charge in [-0.2, -0.15) is 5.10 Å². The lowest BCUT2D eigenvalue weighted by Crippen LogP contribution is -2.13. The molecule has 0 aliphatic rings. The van der Waals surface area contributed by atoms with Crippen LogP contribution < -0.4 is 10.1 Å². The molecular formula is C17H18N6O2. The zero-order valence-electron chi connectivity index (χ0n) is 14.4. The van der Waals surface area contributed by atoms with Crippen molar-refractivity contribution in [2.45, 2.75) is 20.8 Å². The predicted molar refractivity (Wildman–Crippen MR) is 92.1 cm³/mol. The fourth-order valence-corrected chi connectivity index (χ4v) is 2.25. The molecule has 8 heteroatoms. The van der Waals surface area contributed by atoms with E-state index >= 15 is 0 Å². The van der Waals surface area contributed by atoms with Gasteiger partial charge in [0.05, 0.1) is 36.4 Å². The number of anilines is 1. The molecule has 3 aromatic heterocycles. The van der Waals surface area contributed by atoms with E-state index in [1.165, 1.54) is 13.3 Å². The van der Waals surface area contributed by atoms with E-state index in [0.717, 1.165) is 17.0 Å². The fraction of sp³-hybridized carbons (Fsp3) is 0.235. The lowest BCUT2D eigenvalue weighted by molar-refractivity contribution is 0.102. The Morgan fingerprint density at radius 2 is 1.80 bits per heavy atom. The van der Waals surface area contributed by atoms with E-state index in [1.807, 2.05) is 20.8 Å². The van der Waals surface area contributed by atoms with Gasteiger partial charge in [0, 0.05) is 18.0 Å². The number of ether oxygens (including phenoxy) is 1. The zero-order valence-corrected chi connectivity index (χ0v) is 14.4. The minimum absolute atomic E-state index is 0.298. The van der Waals surface area contributed by atoms with Crippen LogP contribution in [0, 0.1) is 20.8 Å². The molecule has 25 heavy (non-hydrogen) atoms. The van der Waals surface area contributed by atoms with Crippen molar-refractivity contribution in [1.82, 2.24) is 24.7 Å². The highest BCUT2D eigenvalue weighted by atomic mass is 16.5. The summed E-state index contributed by atoms with van der Waals surface area (Å²) in [6, 6.07) is 3.26. The highest BCUT2D eigenvalue weighted by molar-refractivity contribution is 6.03. The number of carbonyl (C=O) groups is 1. The largest absolute Gasteiger partial charge is 0.481 e. The average molecular weight is 338 g/mol. The second-order valence-electron chi connectivity index (χ2n) is 5.52. The minimum atomic E-state index is -0.298. The number of aromatic nitrogens is 5. The van der Waals surface area contributed by atoms with Crippen molar-refractivity contribution in [1.29, 1.82) is 0 Å². The molecular weight excluding hydrogens is 320 g/mol. The topological polar surface area (TPSA) is 94.8 Å². The van der Waals surface area contributed by atoms with Crippen LogP contribution in [0.4, 0.5) is 5.69 Å². The third kappa shape index (κ3) is 3.32. The second-order valence-corrected chi connectivity index (χ2v) is 5.52. The van der Waals surface area contributed by atoms with Crippen molar-refractivity contribution in [3.8, 4) is 11.8 Å². The summed E-state index contributed by atoms with van der Waals surface area (Å²) in [4.78, 5) is 24.8. The number of nitrogens with zero attached hydrogens (tertiary/aromatic N) is 5. The number of methoxy groups -OCH3 is 1. The van der Waals surface area contributed by atoms with E-state index in [9.17, 15) is 4.79 Å². The van der Waals surface area contributed by atoms with Crippen molar-refractivity contribution < 1.29 is 9.53 Å². The van der Waals surface area contributed by atoms with Gasteiger partial charge in [-0.15, -0.1) is 0 Å². The third-order valence-electron chi connectivity index (χ3n) is 3.95. The number of pyridine rings is 1. The summed E-state index contributed by atoms with van der Waals surface area (Å²) < 4.78 is 6.66. The van der Waals surface area contributed by atoms with Gasteiger partial charge in [0.25, 0.3) is 11.9 Å². The molecule has 0 unspecified atom stereocenters. The number of amides is 1. The lowest BCUT2D eigenvalue weighted by atomic mass is 10.2. The zero-order chi connectivity index (χ0) is 18.0. The van der Waals surface area contributed by atoms with Crippen molar-refractivity contribution >= 4 is 11.6 Å². The Morgan fingerprint density at radius 3 is 2.32 bits per heavy atom. The molecule has 0 aromatic carbocycles. The van der Waals surface area contributed by atoms with Crippen LogP contribution in [0.3, 0.4) is 0 Å². The molecule has 0 spiro atoms. The van der Waals surface area contributed by atoms with Gasteiger partial charge in [0.1, 0.15) is 0 Å². The van der Waals surface area contributed by atoms with Crippen molar-refractivity contribution in [2.24, 2.45) is 0 Å². The first-order valence-electron chi connectivity index (χ1n) is 7.66. The molecule has 0 saturated carbocycles. The van der Waals surface area contributed by atoms with Gasteiger partial charge in [-0.3, -0.25) is 4.79 Å². The quantitative estimate of drug-likeness (QED) is 0.784. The van der Waals surface area contributed by atoms with Crippen LogP contribution in [0.5, 0.6) is 5.88 Å². The molecule has 0 bridgehead atoms. The lowest BCUT2D eigenvalue weighted by Gasteiger charge is -2.06. The van der Waals surface area contributed by atoms with E-state index in [2.05, 4.69) is 25.4 Å². The summed E-state index contributed by atoms with van der Waals surface area (Å²) in [6.45, 7) is 5.91. The normalized spacial score (nSPS) is 10.6. The van der Waals surface area contributed by atoms with Crippen LogP contribution in [-0.2, 0) is 0 Å². The molecule has 0 fully saturated rings.